The number of rotatable bonds is 12. The van der Waals surface area contributed by atoms with E-state index in [1.807, 2.05) is 0 Å². The first kappa shape index (κ1) is 16.3. The summed E-state index contributed by atoms with van der Waals surface area (Å²) in [7, 11) is 0. The van der Waals surface area contributed by atoms with E-state index in [9.17, 15) is 0 Å². The van der Waals surface area contributed by atoms with E-state index >= 15 is 0 Å². The van der Waals surface area contributed by atoms with Crippen LogP contribution in [0.5, 0.6) is 0 Å². The molecule has 0 aromatic carbocycles. The molecular formula is C14H31NS. The second kappa shape index (κ2) is 13.4. The minimum absolute atomic E-state index is 0.760. The van der Waals surface area contributed by atoms with Crippen molar-refractivity contribution in [3.63, 3.8) is 0 Å². The fraction of sp³-hybridized carbons (Fsp3) is 1.00. The van der Waals surface area contributed by atoms with Crippen molar-refractivity contribution in [1.29, 1.82) is 0 Å². The number of nitrogens with one attached hydrogen (secondary N) is 1. The maximum Gasteiger partial charge on any atom is 0.00647 e. The van der Waals surface area contributed by atoms with E-state index in [4.69, 9.17) is 0 Å². The molecule has 0 heterocycles. The lowest BCUT2D eigenvalue weighted by atomic mass is 10.1. The molecule has 0 amide bonds. The summed E-state index contributed by atoms with van der Waals surface area (Å²) in [6.45, 7) is 7.99. The quantitative estimate of drug-likeness (QED) is 0.509. The maximum atomic E-state index is 3.62. The van der Waals surface area contributed by atoms with Gasteiger partial charge in [0, 0.05) is 6.04 Å². The molecule has 0 saturated carbocycles. The van der Waals surface area contributed by atoms with Crippen LogP contribution in [0, 0.1) is 0 Å². The number of thioether (sulfide) groups is 1. The maximum absolute atomic E-state index is 3.62. The first-order valence-corrected chi connectivity index (χ1v) is 8.31. The molecule has 0 bridgehead atoms. The van der Waals surface area contributed by atoms with Crippen molar-refractivity contribution < 1.29 is 0 Å². The van der Waals surface area contributed by atoms with Crippen molar-refractivity contribution in [1.82, 2.24) is 5.32 Å². The fourth-order valence-corrected chi connectivity index (χ4v) is 2.77. The van der Waals surface area contributed by atoms with Gasteiger partial charge in [-0.3, -0.25) is 0 Å². The molecule has 0 aliphatic rings. The Labute approximate surface area is 107 Å². The van der Waals surface area contributed by atoms with Crippen molar-refractivity contribution in [3.05, 3.63) is 0 Å². The lowest BCUT2D eigenvalue weighted by Gasteiger charge is -2.16. The minimum Gasteiger partial charge on any atom is -0.314 e. The minimum atomic E-state index is 0.760. The first-order chi connectivity index (χ1) is 7.85. The standard InChI is InChI=1S/C14H31NS/c1-4-7-8-12-16-13-9-10-14(6-3)15-11-5-2/h14-15H,4-13H2,1-3H3. The van der Waals surface area contributed by atoms with Crippen LogP contribution >= 0.6 is 11.8 Å². The van der Waals surface area contributed by atoms with Crippen molar-refractivity contribution in [2.24, 2.45) is 0 Å². The molecule has 0 fully saturated rings. The molecule has 0 radical (unpaired) electrons. The third-order valence-corrected chi connectivity index (χ3v) is 4.06. The van der Waals surface area contributed by atoms with Gasteiger partial charge in [0.15, 0.2) is 0 Å². The van der Waals surface area contributed by atoms with E-state index in [2.05, 4.69) is 37.8 Å². The first-order valence-electron chi connectivity index (χ1n) is 7.16. The number of hydrogen-bond donors (Lipinski definition) is 1. The number of hydrogen-bond acceptors (Lipinski definition) is 2. The Morgan fingerprint density at radius 1 is 0.938 bits per heavy atom. The molecule has 0 rings (SSSR count). The van der Waals surface area contributed by atoms with Crippen LogP contribution in [0.3, 0.4) is 0 Å². The van der Waals surface area contributed by atoms with Crippen LogP contribution in [-0.4, -0.2) is 24.1 Å². The van der Waals surface area contributed by atoms with E-state index in [1.165, 1.54) is 63.0 Å². The van der Waals surface area contributed by atoms with Crippen LogP contribution in [0.15, 0.2) is 0 Å². The Hall–Kier alpha value is 0.310. The molecule has 2 heteroatoms. The molecule has 0 saturated heterocycles. The topological polar surface area (TPSA) is 12.0 Å². The van der Waals surface area contributed by atoms with Gasteiger partial charge in [-0.05, 0) is 50.2 Å². The average molecular weight is 245 g/mol. The van der Waals surface area contributed by atoms with Crippen molar-refractivity contribution in [2.45, 2.75) is 71.8 Å². The Morgan fingerprint density at radius 3 is 2.31 bits per heavy atom. The summed E-state index contributed by atoms with van der Waals surface area (Å²) < 4.78 is 0. The van der Waals surface area contributed by atoms with Gasteiger partial charge in [-0.25, -0.2) is 0 Å². The van der Waals surface area contributed by atoms with Crippen molar-refractivity contribution >= 4 is 11.8 Å². The van der Waals surface area contributed by atoms with Gasteiger partial charge < -0.3 is 5.32 Å². The zero-order chi connectivity index (χ0) is 12.1. The third kappa shape index (κ3) is 10.8. The SMILES string of the molecule is CCCCCSCCCC(CC)NCCC. The molecule has 1 N–H and O–H groups in total. The smallest absolute Gasteiger partial charge is 0.00647 e. The molecule has 98 valence electrons. The highest BCUT2D eigenvalue weighted by Gasteiger charge is 2.03. The van der Waals surface area contributed by atoms with Crippen molar-refractivity contribution in [3.8, 4) is 0 Å². The van der Waals surface area contributed by atoms with Crippen LogP contribution in [0.4, 0.5) is 0 Å². The van der Waals surface area contributed by atoms with Gasteiger partial charge in [0.25, 0.3) is 0 Å². The summed E-state index contributed by atoms with van der Waals surface area (Å²) in [5.41, 5.74) is 0. The van der Waals surface area contributed by atoms with Crippen LogP contribution in [-0.2, 0) is 0 Å². The summed E-state index contributed by atoms with van der Waals surface area (Å²) in [6.07, 6.45) is 9.43. The van der Waals surface area contributed by atoms with Gasteiger partial charge in [0.1, 0.15) is 0 Å². The molecule has 0 aliphatic heterocycles. The molecule has 1 nitrogen and oxygen atoms in total. The predicted octanol–water partition coefficient (Wildman–Crippen LogP) is 4.47. The van der Waals surface area contributed by atoms with Gasteiger partial charge in [0.05, 0.1) is 0 Å². The Bertz CT molecular complexity index is 128. The summed E-state index contributed by atoms with van der Waals surface area (Å²) >= 11 is 2.14. The zero-order valence-corrected chi connectivity index (χ0v) is 12.4. The van der Waals surface area contributed by atoms with E-state index in [1.54, 1.807) is 0 Å². The van der Waals surface area contributed by atoms with Crippen LogP contribution in [0.1, 0.15) is 65.7 Å². The summed E-state index contributed by atoms with van der Waals surface area (Å²) in [5.74, 6) is 2.72. The van der Waals surface area contributed by atoms with Crippen molar-refractivity contribution in [2.75, 3.05) is 18.1 Å². The molecular weight excluding hydrogens is 214 g/mol. The largest absolute Gasteiger partial charge is 0.314 e. The highest BCUT2D eigenvalue weighted by atomic mass is 32.2. The Kier molecular flexibility index (Phi) is 13.6. The molecule has 0 aromatic rings. The molecule has 0 aromatic heterocycles. The summed E-state index contributed by atoms with van der Waals surface area (Å²) in [6, 6.07) is 0.760. The fourth-order valence-electron chi connectivity index (χ4n) is 1.79. The van der Waals surface area contributed by atoms with E-state index in [0.717, 1.165) is 6.04 Å². The molecule has 16 heavy (non-hydrogen) atoms. The Balaban J connectivity index is 3.20. The molecule has 1 unspecified atom stereocenters. The molecule has 0 aliphatic carbocycles. The summed E-state index contributed by atoms with van der Waals surface area (Å²) in [4.78, 5) is 0. The second-order valence-corrected chi connectivity index (χ2v) is 5.75. The van der Waals surface area contributed by atoms with Gasteiger partial charge >= 0.3 is 0 Å². The monoisotopic (exact) mass is 245 g/mol. The van der Waals surface area contributed by atoms with Gasteiger partial charge in [-0.15, -0.1) is 0 Å². The predicted molar refractivity (Wildman–Crippen MR) is 78.5 cm³/mol. The lowest BCUT2D eigenvalue weighted by Crippen LogP contribution is -2.29. The number of unbranched alkanes of at least 4 members (excludes halogenated alkanes) is 2. The summed E-state index contributed by atoms with van der Waals surface area (Å²) in [5, 5.41) is 3.62. The van der Waals surface area contributed by atoms with Gasteiger partial charge in [0.2, 0.25) is 0 Å². The normalized spacial score (nSPS) is 12.9. The third-order valence-electron chi connectivity index (χ3n) is 2.91. The highest BCUT2D eigenvalue weighted by Crippen LogP contribution is 2.11. The highest BCUT2D eigenvalue weighted by molar-refractivity contribution is 7.99. The second-order valence-electron chi connectivity index (χ2n) is 4.52. The van der Waals surface area contributed by atoms with Gasteiger partial charge in [-0.1, -0.05) is 33.6 Å². The van der Waals surface area contributed by atoms with Crippen LogP contribution in [0.25, 0.3) is 0 Å². The molecule has 1 atom stereocenters. The average Bonchev–Trinajstić information content (AvgIpc) is 2.32. The zero-order valence-electron chi connectivity index (χ0n) is 11.6. The van der Waals surface area contributed by atoms with Crippen LogP contribution in [0.2, 0.25) is 0 Å². The van der Waals surface area contributed by atoms with Gasteiger partial charge in [-0.2, -0.15) is 11.8 Å². The Morgan fingerprint density at radius 2 is 1.69 bits per heavy atom. The van der Waals surface area contributed by atoms with E-state index in [0.29, 0.717) is 0 Å². The van der Waals surface area contributed by atoms with E-state index < -0.39 is 0 Å². The van der Waals surface area contributed by atoms with Crippen LogP contribution < -0.4 is 5.32 Å². The lowest BCUT2D eigenvalue weighted by molar-refractivity contribution is 0.465. The molecule has 0 spiro atoms. The van der Waals surface area contributed by atoms with E-state index in [-0.39, 0.29) is 0 Å².